The third kappa shape index (κ3) is 10.1. The molecule has 2 aliphatic heterocycles. The molecule has 24 nitrogen and oxygen atoms in total. The Morgan fingerprint density at radius 3 is 1.84 bits per heavy atom. The lowest BCUT2D eigenvalue weighted by Gasteiger charge is -2.34. The van der Waals surface area contributed by atoms with Crippen LogP contribution in [-0.4, -0.2) is 144 Å². The number of aromatic nitrogens is 14. The highest BCUT2D eigenvalue weighted by molar-refractivity contribution is 5.90. The van der Waals surface area contributed by atoms with Crippen molar-refractivity contribution < 1.29 is 23.5 Å². The van der Waals surface area contributed by atoms with Crippen molar-refractivity contribution in [2.45, 2.75) is 27.3 Å². The first-order chi connectivity index (χ1) is 38.9. The molecule has 2 amide bonds. The van der Waals surface area contributed by atoms with Crippen LogP contribution >= 0.6 is 0 Å². The van der Waals surface area contributed by atoms with E-state index in [-0.39, 0.29) is 17.5 Å². The van der Waals surface area contributed by atoms with Gasteiger partial charge in [0.15, 0.2) is 11.6 Å². The Morgan fingerprint density at radius 1 is 0.625 bits per heavy atom. The Labute approximate surface area is 455 Å². The van der Waals surface area contributed by atoms with Gasteiger partial charge in [-0.1, -0.05) is 23.1 Å². The highest BCUT2D eigenvalue weighted by atomic mass is 19.1. The standard InChI is InChI=1S/C55H51FN20O4/c1-6-48(77)72-16-20-74(21-17-72)54-57-28-42-50(65-54)52(61-30-59-42)63-38-11-14-46(34(4)33(38)3)79-35-10-13-45-41(26-35)68-70-76(45)15-7-8-49(78)73-18-22-75(23-19-73)55-58-29-43-51(66-55)53(62-31-60-43)64-39-24-32(2)47(27-37(39)56)80-36-9-12-44-40(25-36)67-69-71(44)5/h6-14,24-31H,1,15-23H2,2-5H3,(H,59,61,63)(H,60,62,64)/b8-7+. The number of aryl methyl sites for hydroxylation is 2. The van der Waals surface area contributed by atoms with Crippen molar-refractivity contribution in [2.75, 3.05) is 72.8 Å². The molecule has 402 valence electrons. The minimum atomic E-state index is -0.550. The minimum absolute atomic E-state index is 0.0873. The number of nitrogens with one attached hydrogen (secondary N) is 2. The molecule has 0 aliphatic carbocycles. The molecule has 12 rings (SSSR count). The number of halogens is 1. The molecule has 0 radical (unpaired) electrons. The van der Waals surface area contributed by atoms with Gasteiger partial charge in [0.25, 0.3) is 0 Å². The van der Waals surface area contributed by atoms with Crippen LogP contribution in [0.15, 0.2) is 111 Å². The Morgan fingerprint density at radius 2 is 1.20 bits per heavy atom. The molecule has 2 fully saturated rings. The highest BCUT2D eigenvalue weighted by Crippen LogP contribution is 2.36. The average Bonchev–Trinajstić information content (AvgIpc) is 4.07. The van der Waals surface area contributed by atoms with Crippen molar-refractivity contribution in [3.05, 3.63) is 133 Å². The quantitative estimate of drug-likeness (QED) is 0.103. The number of fused-ring (bicyclic) bond motifs is 4. The van der Waals surface area contributed by atoms with Crippen LogP contribution in [0.1, 0.15) is 16.7 Å². The van der Waals surface area contributed by atoms with Crippen molar-refractivity contribution >= 4 is 90.9 Å². The summed E-state index contributed by atoms with van der Waals surface area (Å²) in [6, 6.07) is 17.8. The maximum absolute atomic E-state index is 15.7. The molecule has 0 bridgehead atoms. The molecule has 0 unspecified atom stereocenters. The van der Waals surface area contributed by atoms with E-state index in [4.69, 9.17) is 19.4 Å². The van der Waals surface area contributed by atoms with Gasteiger partial charge in [-0.2, -0.15) is 0 Å². The fourth-order valence-electron chi connectivity index (χ4n) is 9.57. The number of hydrogen-bond donors (Lipinski definition) is 2. The Kier molecular flexibility index (Phi) is 13.4. The second kappa shape index (κ2) is 21.2. The van der Waals surface area contributed by atoms with E-state index in [0.29, 0.717) is 144 Å². The van der Waals surface area contributed by atoms with E-state index in [2.05, 4.69) is 67.7 Å². The third-order valence-corrected chi connectivity index (χ3v) is 14.2. The van der Waals surface area contributed by atoms with E-state index in [1.807, 2.05) is 67.0 Å². The molecule has 0 atom stereocenters. The summed E-state index contributed by atoms with van der Waals surface area (Å²) in [7, 11) is 1.81. The van der Waals surface area contributed by atoms with Gasteiger partial charge < -0.3 is 39.7 Å². The number of benzene rings is 4. The van der Waals surface area contributed by atoms with Crippen molar-refractivity contribution in [2.24, 2.45) is 7.05 Å². The molecule has 25 heteroatoms. The lowest BCUT2D eigenvalue weighted by Crippen LogP contribution is -2.48. The lowest BCUT2D eigenvalue weighted by molar-refractivity contribution is -0.127. The van der Waals surface area contributed by atoms with Crippen molar-refractivity contribution in [1.82, 2.24) is 79.7 Å². The van der Waals surface area contributed by atoms with Gasteiger partial charge in [0.2, 0.25) is 23.7 Å². The molecule has 0 saturated carbocycles. The van der Waals surface area contributed by atoms with Crippen LogP contribution in [0.2, 0.25) is 0 Å². The molecule has 8 heterocycles. The fourth-order valence-corrected chi connectivity index (χ4v) is 9.57. The number of hydrogen-bond acceptors (Lipinski definition) is 20. The minimum Gasteiger partial charge on any atom is -0.457 e. The Bertz CT molecular complexity index is 4090. The predicted molar refractivity (Wildman–Crippen MR) is 297 cm³/mol. The number of ether oxygens (including phenoxy) is 2. The van der Waals surface area contributed by atoms with Gasteiger partial charge in [-0.3, -0.25) is 9.59 Å². The van der Waals surface area contributed by atoms with Crippen LogP contribution in [0.25, 0.3) is 44.1 Å². The first kappa shape index (κ1) is 50.5. The normalized spacial score (nSPS) is 14.0. The van der Waals surface area contributed by atoms with E-state index in [1.54, 1.807) is 69.0 Å². The van der Waals surface area contributed by atoms with Crippen LogP contribution < -0.4 is 29.9 Å². The van der Waals surface area contributed by atoms with Crippen LogP contribution in [-0.2, 0) is 23.2 Å². The Balaban J connectivity index is 0.645. The lowest BCUT2D eigenvalue weighted by atomic mass is 10.1. The third-order valence-electron chi connectivity index (χ3n) is 14.2. The second-order valence-electron chi connectivity index (χ2n) is 19.2. The Hall–Kier alpha value is -10.3. The average molecular weight is 1080 g/mol. The molecule has 2 aliphatic rings. The van der Waals surface area contributed by atoms with Crippen LogP contribution in [0, 0.1) is 26.6 Å². The molecule has 80 heavy (non-hydrogen) atoms. The smallest absolute Gasteiger partial charge is 0.246 e. The summed E-state index contributed by atoms with van der Waals surface area (Å²) in [4.78, 5) is 69.5. The van der Waals surface area contributed by atoms with Gasteiger partial charge in [-0.25, -0.2) is 53.6 Å². The number of amides is 2. The van der Waals surface area contributed by atoms with Gasteiger partial charge >= 0.3 is 0 Å². The second-order valence-corrected chi connectivity index (χ2v) is 19.2. The fraction of sp³-hybridized carbons (Fsp3) is 0.236. The van der Waals surface area contributed by atoms with Gasteiger partial charge in [-0.05, 0) is 86.0 Å². The van der Waals surface area contributed by atoms with Crippen molar-refractivity contribution in [1.29, 1.82) is 0 Å². The first-order valence-corrected chi connectivity index (χ1v) is 25.7. The molecule has 2 N–H and O–H groups in total. The van der Waals surface area contributed by atoms with Crippen LogP contribution in [0.4, 0.5) is 39.3 Å². The van der Waals surface area contributed by atoms with Gasteiger partial charge in [-0.15, -0.1) is 10.2 Å². The number of piperazine rings is 2. The molecule has 0 spiro atoms. The number of anilines is 6. The molecule has 4 aromatic carbocycles. The van der Waals surface area contributed by atoms with E-state index in [1.165, 1.54) is 24.8 Å². The van der Waals surface area contributed by atoms with Crippen molar-refractivity contribution in [3.8, 4) is 23.0 Å². The SMILES string of the molecule is C=CC(=O)N1CCN(c2ncc3ncnc(Nc4ccc(Oc5ccc6c(c5)nnn6C/C=C/C(=O)N5CCN(c6ncc7ncnc(Nc8cc(C)c(Oc9ccc%10c(c9)nnn%10C)cc8F)c7n6)CC5)c(C)c4C)c3n2)CC1. The van der Waals surface area contributed by atoms with Crippen LogP contribution in [0.5, 0.6) is 23.0 Å². The number of carbonyl (C=O) groups excluding carboxylic acids is 2. The number of nitrogens with zero attached hydrogens (tertiary/aromatic N) is 18. The summed E-state index contributed by atoms with van der Waals surface area (Å²) in [5.74, 6) is 3.17. The summed E-state index contributed by atoms with van der Waals surface area (Å²) in [6.45, 7) is 13.9. The summed E-state index contributed by atoms with van der Waals surface area (Å²) >= 11 is 0. The number of allylic oxidation sites excluding steroid dienone is 1. The zero-order valence-electron chi connectivity index (χ0n) is 43.9. The van der Waals surface area contributed by atoms with Crippen molar-refractivity contribution in [3.63, 3.8) is 0 Å². The number of rotatable bonds is 14. The zero-order valence-corrected chi connectivity index (χ0v) is 43.9. The maximum Gasteiger partial charge on any atom is 0.246 e. The van der Waals surface area contributed by atoms with E-state index >= 15 is 4.39 Å². The molecular formula is C55H51FN20O4. The van der Waals surface area contributed by atoms with Gasteiger partial charge in [0.1, 0.15) is 74.6 Å². The van der Waals surface area contributed by atoms with Gasteiger partial charge in [0.05, 0.1) is 35.7 Å². The van der Waals surface area contributed by atoms with E-state index < -0.39 is 5.82 Å². The molecule has 6 aromatic heterocycles. The zero-order chi connectivity index (χ0) is 55.0. The molecular weight excluding hydrogens is 1020 g/mol. The van der Waals surface area contributed by atoms with Crippen LogP contribution in [0.3, 0.4) is 0 Å². The van der Waals surface area contributed by atoms with Gasteiger partial charge in [0, 0.05) is 89.4 Å². The maximum atomic E-state index is 15.7. The van der Waals surface area contributed by atoms with E-state index in [0.717, 1.165) is 27.8 Å². The van der Waals surface area contributed by atoms with E-state index in [9.17, 15) is 9.59 Å². The largest absolute Gasteiger partial charge is 0.457 e. The highest BCUT2D eigenvalue weighted by Gasteiger charge is 2.25. The summed E-state index contributed by atoms with van der Waals surface area (Å²) in [5, 5.41) is 23.5. The molecule has 2 saturated heterocycles. The molecule has 10 aromatic rings. The predicted octanol–water partition coefficient (Wildman–Crippen LogP) is 7.06. The topological polar surface area (TPSA) is 254 Å². The summed E-state index contributed by atoms with van der Waals surface area (Å²) < 4.78 is 31.5. The summed E-state index contributed by atoms with van der Waals surface area (Å²) in [5.41, 5.74) is 8.56. The summed E-state index contributed by atoms with van der Waals surface area (Å²) in [6.07, 6.45) is 10.8. The first-order valence-electron chi connectivity index (χ1n) is 25.7. The monoisotopic (exact) mass is 1070 g/mol. The number of carbonyl (C=O) groups is 2.